The minimum atomic E-state index is -3.96. The fourth-order valence-electron chi connectivity index (χ4n) is 4.08. The van der Waals surface area contributed by atoms with Gasteiger partial charge in [-0.1, -0.05) is 61.9 Å². The molecule has 0 saturated carbocycles. The minimum absolute atomic E-state index is 0.0347. The Morgan fingerprint density at radius 3 is 1.97 bits per heavy atom. The van der Waals surface area contributed by atoms with Crippen molar-refractivity contribution in [2.75, 3.05) is 0 Å². The zero-order valence-corrected chi connectivity index (χ0v) is 20.4. The number of rotatable bonds is 8. The Kier molecular flexibility index (Phi) is 7.27. The van der Waals surface area contributed by atoms with Crippen LogP contribution in [0.2, 0.25) is 0 Å². The summed E-state index contributed by atoms with van der Waals surface area (Å²) in [5.74, 6) is -0.492. The maximum absolute atomic E-state index is 12.4. The van der Waals surface area contributed by atoms with E-state index in [0.29, 0.717) is 0 Å². The molecule has 0 atom stereocenters. The van der Waals surface area contributed by atoms with Crippen molar-refractivity contribution >= 4 is 16.0 Å². The van der Waals surface area contributed by atoms with Gasteiger partial charge in [0.2, 0.25) is 17.3 Å². The fraction of sp³-hybridized carbons (Fsp3) is 0.143. The van der Waals surface area contributed by atoms with Crippen molar-refractivity contribution in [3.8, 4) is 28.1 Å². The molecule has 0 aliphatic heterocycles. The lowest BCUT2D eigenvalue weighted by Gasteiger charge is -2.12. The van der Waals surface area contributed by atoms with Crippen LogP contribution in [0.25, 0.3) is 28.1 Å². The summed E-state index contributed by atoms with van der Waals surface area (Å²) in [7, 11) is -3.96. The van der Waals surface area contributed by atoms with Crippen molar-refractivity contribution in [3.63, 3.8) is 0 Å². The van der Waals surface area contributed by atoms with E-state index in [-0.39, 0.29) is 4.90 Å². The third-order valence-electron chi connectivity index (χ3n) is 5.72. The molecule has 0 spiro atoms. The van der Waals surface area contributed by atoms with Crippen molar-refractivity contribution in [3.05, 3.63) is 103 Å². The van der Waals surface area contributed by atoms with E-state index in [1.165, 1.54) is 12.1 Å². The number of benzene rings is 3. The molecular weight excluding hydrogens is 456 g/mol. The lowest BCUT2D eigenvalue weighted by Crippen LogP contribution is -2.38. The van der Waals surface area contributed by atoms with E-state index in [2.05, 4.69) is 52.3 Å². The summed E-state index contributed by atoms with van der Waals surface area (Å²) in [6.45, 7) is 2.17. The number of aryl methyl sites for hydroxylation is 1. The summed E-state index contributed by atoms with van der Waals surface area (Å²) in [5.41, 5.74) is 17.0. The standard InChI is InChI=1S/C28H29N4O2S/c1-2-3-14-25-19-23(21-10-6-4-7-11-21)20-27(22-12-8-5-9-13-22)32(25)24-15-17-26(18-16-24)35(33,34)31-28(29)30/h4-13,15-20H,2-3,14H2,1H3,(H4,29,30,31)/q+1. The number of guanidine groups is 1. The van der Waals surface area contributed by atoms with Crippen LogP contribution in [0.3, 0.4) is 0 Å². The number of aromatic nitrogens is 1. The molecular formula is C28H29N4O2S+. The van der Waals surface area contributed by atoms with Gasteiger partial charge in [0, 0.05) is 36.2 Å². The summed E-state index contributed by atoms with van der Waals surface area (Å²) in [6.07, 6.45) is 2.97. The molecule has 0 saturated heterocycles. The van der Waals surface area contributed by atoms with Gasteiger partial charge in [0.25, 0.3) is 10.0 Å². The van der Waals surface area contributed by atoms with Crippen molar-refractivity contribution in [1.29, 1.82) is 0 Å². The highest BCUT2D eigenvalue weighted by Gasteiger charge is 2.24. The highest BCUT2D eigenvalue weighted by molar-refractivity contribution is 7.90. The molecule has 4 aromatic rings. The first-order valence-electron chi connectivity index (χ1n) is 11.5. The average Bonchev–Trinajstić information content (AvgIpc) is 2.87. The molecule has 178 valence electrons. The number of pyridine rings is 1. The topological polar surface area (TPSA) is 102 Å². The lowest BCUT2D eigenvalue weighted by molar-refractivity contribution is -0.592. The van der Waals surface area contributed by atoms with Crippen molar-refractivity contribution in [2.45, 2.75) is 31.1 Å². The van der Waals surface area contributed by atoms with Gasteiger partial charge in [-0.3, -0.25) is 0 Å². The van der Waals surface area contributed by atoms with Crippen LogP contribution < -0.4 is 16.0 Å². The van der Waals surface area contributed by atoms with Crippen LogP contribution in [-0.4, -0.2) is 14.4 Å². The van der Waals surface area contributed by atoms with Crippen LogP contribution in [0, 0.1) is 0 Å². The first kappa shape index (κ1) is 24.2. The lowest BCUT2D eigenvalue weighted by atomic mass is 9.99. The second-order valence-corrected chi connectivity index (χ2v) is 9.88. The Balaban J connectivity index is 1.93. The normalized spacial score (nSPS) is 11.2. The van der Waals surface area contributed by atoms with Crippen LogP contribution in [0.4, 0.5) is 0 Å². The van der Waals surface area contributed by atoms with Gasteiger partial charge in [-0.15, -0.1) is 4.40 Å². The molecule has 1 heterocycles. The highest BCUT2D eigenvalue weighted by atomic mass is 32.2. The molecule has 0 aliphatic rings. The van der Waals surface area contributed by atoms with Crippen molar-refractivity contribution < 1.29 is 13.0 Å². The Morgan fingerprint density at radius 1 is 0.800 bits per heavy atom. The smallest absolute Gasteiger partial charge is 0.285 e. The van der Waals surface area contributed by atoms with Gasteiger partial charge in [-0.25, -0.2) is 0 Å². The van der Waals surface area contributed by atoms with Crippen molar-refractivity contribution in [1.82, 2.24) is 0 Å². The summed E-state index contributed by atoms with van der Waals surface area (Å²) >= 11 is 0. The van der Waals surface area contributed by atoms with E-state index < -0.39 is 16.0 Å². The molecule has 0 fully saturated rings. The molecule has 3 aromatic carbocycles. The number of unbranched alkanes of at least 4 members (excludes halogenated alkanes) is 1. The zero-order chi connectivity index (χ0) is 24.8. The van der Waals surface area contributed by atoms with Crippen LogP contribution >= 0.6 is 0 Å². The van der Waals surface area contributed by atoms with E-state index >= 15 is 0 Å². The molecule has 0 radical (unpaired) electrons. The first-order valence-corrected chi connectivity index (χ1v) is 13.0. The minimum Gasteiger partial charge on any atom is -0.369 e. The Morgan fingerprint density at radius 2 is 1.40 bits per heavy atom. The summed E-state index contributed by atoms with van der Waals surface area (Å²) < 4.78 is 30.5. The fourth-order valence-corrected chi connectivity index (χ4v) is 4.94. The van der Waals surface area contributed by atoms with Gasteiger partial charge >= 0.3 is 0 Å². The summed E-state index contributed by atoms with van der Waals surface area (Å²) in [5, 5.41) is 0. The molecule has 6 nitrogen and oxygen atoms in total. The van der Waals surface area contributed by atoms with E-state index in [1.807, 2.05) is 36.4 Å². The van der Waals surface area contributed by atoms with Gasteiger partial charge in [0.1, 0.15) is 0 Å². The quantitative estimate of drug-likeness (QED) is 0.216. The SMILES string of the molecule is CCCCc1cc(-c2ccccc2)cc(-c2ccccc2)[n+]1-c1ccc(S(=O)(=O)N=C(N)N)cc1. The molecule has 0 bridgehead atoms. The monoisotopic (exact) mass is 485 g/mol. The van der Waals surface area contributed by atoms with E-state index in [4.69, 9.17) is 11.5 Å². The largest absolute Gasteiger partial charge is 0.369 e. The average molecular weight is 486 g/mol. The Labute approximate surface area is 206 Å². The van der Waals surface area contributed by atoms with Crippen LogP contribution in [0.15, 0.2) is 106 Å². The molecule has 7 heteroatoms. The molecule has 0 unspecified atom stereocenters. The number of sulfonamides is 1. The molecule has 0 amide bonds. The number of hydrogen-bond acceptors (Lipinski definition) is 2. The van der Waals surface area contributed by atoms with E-state index in [9.17, 15) is 8.42 Å². The predicted octanol–water partition coefficient (Wildman–Crippen LogP) is 4.60. The molecule has 4 rings (SSSR count). The van der Waals surface area contributed by atoms with Gasteiger partial charge in [-0.2, -0.15) is 13.0 Å². The molecule has 0 aliphatic carbocycles. The van der Waals surface area contributed by atoms with Crippen molar-refractivity contribution in [2.24, 2.45) is 15.9 Å². The van der Waals surface area contributed by atoms with Crippen LogP contribution in [0.5, 0.6) is 0 Å². The second-order valence-electron chi connectivity index (χ2n) is 8.28. The van der Waals surface area contributed by atoms with Gasteiger partial charge in [-0.05, 0) is 41.8 Å². The second kappa shape index (κ2) is 10.5. The Hall–Kier alpha value is -3.97. The maximum atomic E-state index is 12.4. The van der Waals surface area contributed by atoms with Gasteiger partial charge in [0.05, 0.1) is 4.90 Å². The van der Waals surface area contributed by atoms with Crippen LogP contribution in [-0.2, 0) is 16.4 Å². The number of nitrogens with two attached hydrogens (primary N) is 2. The number of hydrogen-bond donors (Lipinski definition) is 2. The number of nitrogens with zero attached hydrogens (tertiary/aromatic N) is 2. The summed E-state index contributed by atoms with van der Waals surface area (Å²) in [6, 6.07) is 31.6. The molecule has 35 heavy (non-hydrogen) atoms. The van der Waals surface area contributed by atoms with Gasteiger partial charge in [0.15, 0.2) is 5.69 Å². The van der Waals surface area contributed by atoms with E-state index in [0.717, 1.165) is 53.0 Å². The Bertz CT molecular complexity index is 1430. The zero-order valence-electron chi connectivity index (χ0n) is 19.6. The third kappa shape index (κ3) is 5.58. The maximum Gasteiger partial charge on any atom is 0.285 e. The van der Waals surface area contributed by atoms with E-state index in [1.54, 1.807) is 12.1 Å². The molecule has 1 aromatic heterocycles. The van der Waals surface area contributed by atoms with Crippen LogP contribution in [0.1, 0.15) is 25.5 Å². The predicted molar refractivity (Wildman–Crippen MR) is 140 cm³/mol. The molecule has 4 N–H and O–H groups in total. The highest BCUT2D eigenvalue weighted by Crippen LogP contribution is 2.27. The summed E-state index contributed by atoms with van der Waals surface area (Å²) in [4.78, 5) is 0.0347. The van der Waals surface area contributed by atoms with Gasteiger partial charge < -0.3 is 11.5 Å². The third-order valence-corrected chi connectivity index (χ3v) is 7.04. The first-order chi connectivity index (χ1) is 16.9.